The van der Waals surface area contributed by atoms with E-state index in [2.05, 4.69) is 34.3 Å². The summed E-state index contributed by atoms with van der Waals surface area (Å²) in [6.07, 6.45) is 2.59. The molecule has 2 saturated heterocycles. The van der Waals surface area contributed by atoms with Gasteiger partial charge in [0.2, 0.25) is 0 Å². The summed E-state index contributed by atoms with van der Waals surface area (Å²) in [6, 6.07) is 6.31. The van der Waals surface area contributed by atoms with E-state index in [1.165, 1.54) is 5.56 Å². The fourth-order valence-electron chi connectivity index (χ4n) is 3.64. The summed E-state index contributed by atoms with van der Waals surface area (Å²) < 4.78 is 17.4. The topological polar surface area (TPSA) is 55.3 Å². The summed E-state index contributed by atoms with van der Waals surface area (Å²) in [4.78, 5) is 6.74. The predicted molar refractivity (Wildman–Crippen MR) is 103 cm³/mol. The third-order valence-corrected chi connectivity index (χ3v) is 4.97. The molecule has 26 heavy (non-hydrogen) atoms. The molecule has 2 heterocycles. The first-order chi connectivity index (χ1) is 12.7. The molecule has 2 aliphatic rings. The van der Waals surface area contributed by atoms with Crippen molar-refractivity contribution in [1.82, 2.24) is 10.2 Å². The van der Waals surface area contributed by atoms with Crippen LogP contribution in [-0.2, 0) is 16.0 Å². The van der Waals surface area contributed by atoms with Crippen LogP contribution >= 0.6 is 0 Å². The van der Waals surface area contributed by atoms with Crippen LogP contribution in [-0.4, -0.2) is 63.0 Å². The lowest BCUT2D eigenvalue weighted by Gasteiger charge is -2.37. The number of nitrogens with one attached hydrogen (secondary N) is 1. The Morgan fingerprint density at radius 3 is 2.85 bits per heavy atom. The molecule has 2 aliphatic heterocycles. The van der Waals surface area contributed by atoms with E-state index >= 15 is 0 Å². The lowest BCUT2D eigenvalue weighted by Crippen LogP contribution is -2.53. The quantitative estimate of drug-likeness (QED) is 0.644. The van der Waals surface area contributed by atoms with Crippen molar-refractivity contribution in [1.29, 1.82) is 0 Å². The van der Waals surface area contributed by atoms with E-state index in [0.29, 0.717) is 13.2 Å². The molecule has 0 amide bonds. The minimum atomic E-state index is 0.137. The molecule has 0 radical (unpaired) electrons. The van der Waals surface area contributed by atoms with Crippen molar-refractivity contribution in [3.63, 3.8) is 0 Å². The molecular weight excluding hydrogens is 330 g/mol. The Labute approximate surface area is 156 Å². The van der Waals surface area contributed by atoms with Crippen LogP contribution in [0, 0.1) is 6.92 Å². The van der Waals surface area contributed by atoms with E-state index in [1.54, 1.807) is 0 Å². The molecule has 2 atom stereocenters. The number of hydrogen-bond acceptors (Lipinski definition) is 4. The molecule has 6 heteroatoms. The van der Waals surface area contributed by atoms with Crippen molar-refractivity contribution < 1.29 is 14.2 Å². The number of benzene rings is 1. The number of nitrogens with zero attached hydrogens (tertiary/aromatic N) is 2. The van der Waals surface area contributed by atoms with Crippen molar-refractivity contribution in [2.45, 2.75) is 45.4 Å². The van der Waals surface area contributed by atoms with Crippen LogP contribution < -0.4 is 10.1 Å². The fourth-order valence-corrected chi connectivity index (χ4v) is 3.64. The summed E-state index contributed by atoms with van der Waals surface area (Å²) in [6.45, 7) is 8.76. The van der Waals surface area contributed by atoms with Crippen molar-refractivity contribution in [2.75, 3.05) is 40.0 Å². The summed E-state index contributed by atoms with van der Waals surface area (Å²) in [7, 11) is 1.84. The van der Waals surface area contributed by atoms with E-state index in [0.717, 1.165) is 56.4 Å². The second-order valence-electron chi connectivity index (χ2n) is 6.84. The van der Waals surface area contributed by atoms with Gasteiger partial charge in [0.15, 0.2) is 5.96 Å². The smallest absolute Gasteiger partial charge is 0.194 e. The molecule has 2 unspecified atom stereocenters. The van der Waals surface area contributed by atoms with Crippen LogP contribution in [0.2, 0.25) is 0 Å². The molecule has 1 aromatic carbocycles. The minimum Gasteiger partial charge on any atom is -0.494 e. The van der Waals surface area contributed by atoms with Crippen molar-refractivity contribution in [2.24, 2.45) is 4.99 Å². The first-order valence-electron chi connectivity index (χ1n) is 9.62. The number of aliphatic imine (C=N–C) groups is 1. The monoisotopic (exact) mass is 361 g/mol. The second-order valence-corrected chi connectivity index (χ2v) is 6.84. The molecule has 144 valence electrons. The number of ether oxygens (including phenoxy) is 3. The SMILES string of the molecule is CCOc1ccc(CNC(=NC)N2CCOC(C3CCCO3)C2)cc1C. The van der Waals surface area contributed by atoms with Crippen LogP contribution in [0.3, 0.4) is 0 Å². The molecule has 1 aromatic rings. The first kappa shape index (κ1) is 19.0. The Hall–Kier alpha value is -1.79. The van der Waals surface area contributed by atoms with E-state index in [9.17, 15) is 0 Å². The Morgan fingerprint density at radius 1 is 1.31 bits per heavy atom. The van der Waals surface area contributed by atoms with Gasteiger partial charge in [0.05, 0.1) is 19.3 Å². The van der Waals surface area contributed by atoms with E-state index < -0.39 is 0 Å². The maximum Gasteiger partial charge on any atom is 0.194 e. The summed E-state index contributed by atoms with van der Waals surface area (Å²) in [5.41, 5.74) is 2.38. The Kier molecular flexibility index (Phi) is 6.74. The van der Waals surface area contributed by atoms with Crippen molar-refractivity contribution >= 4 is 5.96 Å². The fraction of sp³-hybridized carbons (Fsp3) is 0.650. The maximum atomic E-state index is 5.94. The molecule has 2 fully saturated rings. The van der Waals surface area contributed by atoms with Crippen LogP contribution in [0.25, 0.3) is 0 Å². The normalized spacial score (nSPS) is 24.0. The van der Waals surface area contributed by atoms with Gasteiger partial charge >= 0.3 is 0 Å². The first-order valence-corrected chi connectivity index (χ1v) is 9.62. The van der Waals surface area contributed by atoms with Gasteiger partial charge in [-0.25, -0.2) is 0 Å². The number of hydrogen-bond donors (Lipinski definition) is 1. The van der Waals surface area contributed by atoms with Gasteiger partial charge in [0.1, 0.15) is 11.9 Å². The molecule has 0 bridgehead atoms. The standard InChI is InChI=1S/C20H31N3O3/c1-4-24-17-8-7-16(12-15(17)2)13-22-20(21-3)23-9-11-26-19(14-23)18-6-5-10-25-18/h7-8,12,18-19H,4-6,9-11,13-14H2,1-3H3,(H,21,22). The molecule has 1 N–H and O–H groups in total. The largest absolute Gasteiger partial charge is 0.494 e. The molecule has 0 aromatic heterocycles. The van der Waals surface area contributed by atoms with Crippen LogP contribution in [0.5, 0.6) is 5.75 Å². The molecule has 0 saturated carbocycles. The molecule has 6 nitrogen and oxygen atoms in total. The second kappa shape index (κ2) is 9.24. The average molecular weight is 361 g/mol. The predicted octanol–water partition coefficient (Wildman–Crippen LogP) is 2.35. The van der Waals surface area contributed by atoms with E-state index in [1.807, 2.05) is 20.0 Å². The molecule has 0 spiro atoms. The highest BCUT2D eigenvalue weighted by atomic mass is 16.5. The minimum absolute atomic E-state index is 0.137. The van der Waals surface area contributed by atoms with Crippen LogP contribution in [0.1, 0.15) is 30.9 Å². The highest BCUT2D eigenvalue weighted by molar-refractivity contribution is 5.80. The van der Waals surface area contributed by atoms with Gasteiger partial charge < -0.3 is 24.4 Å². The number of aryl methyl sites for hydroxylation is 1. The third-order valence-electron chi connectivity index (χ3n) is 4.97. The van der Waals surface area contributed by atoms with Crippen LogP contribution in [0.15, 0.2) is 23.2 Å². The molecular formula is C20H31N3O3. The van der Waals surface area contributed by atoms with Gasteiger partial charge in [-0.1, -0.05) is 12.1 Å². The zero-order chi connectivity index (χ0) is 18.4. The average Bonchev–Trinajstić information content (AvgIpc) is 3.19. The highest BCUT2D eigenvalue weighted by Gasteiger charge is 2.32. The van der Waals surface area contributed by atoms with Gasteiger partial charge in [-0.15, -0.1) is 0 Å². The van der Waals surface area contributed by atoms with Gasteiger partial charge in [0, 0.05) is 33.3 Å². The summed E-state index contributed by atoms with van der Waals surface area (Å²) in [5.74, 6) is 1.87. The van der Waals surface area contributed by atoms with E-state index in [-0.39, 0.29) is 12.2 Å². The Bertz CT molecular complexity index is 614. The Morgan fingerprint density at radius 2 is 2.15 bits per heavy atom. The number of rotatable bonds is 5. The summed E-state index contributed by atoms with van der Waals surface area (Å²) in [5, 5.41) is 3.48. The zero-order valence-corrected chi connectivity index (χ0v) is 16.2. The number of guanidine groups is 1. The van der Waals surface area contributed by atoms with Crippen molar-refractivity contribution in [3.05, 3.63) is 29.3 Å². The van der Waals surface area contributed by atoms with Gasteiger partial charge in [0.25, 0.3) is 0 Å². The maximum absolute atomic E-state index is 5.94. The number of morpholine rings is 1. The van der Waals surface area contributed by atoms with Gasteiger partial charge in [-0.2, -0.15) is 0 Å². The molecule has 0 aliphatic carbocycles. The van der Waals surface area contributed by atoms with Gasteiger partial charge in [-0.05, 0) is 43.9 Å². The van der Waals surface area contributed by atoms with Crippen molar-refractivity contribution in [3.8, 4) is 5.75 Å². The van der Waals surface area contributed by atoms with Gasteiger partial charge in [-0.3, -0.25) is 4.99 Å². The summed E-state index contributed by atoms with van der Waals surface area (Å²) >= 11 is 0. The Balaban J connectivity index is 1.56. The lowest BCUT2D eigenvalue weighted by atomic mass is 10.1. The van der Waals surface area contributed by atoms with E-state index in [4.69, 9.17) is 14.2 Å². The molecule has 3 rings (SSSR count). The van der Waals surface area contributed by atoms with Crippen LogP contribution in [0.4, 0.5) is 0 Å². The lowest BCUT2D eigenvalue weighted by molar-refractivity contribution is -0.0817. The highest BCUT2D eigenvalue weighted by Crippen LogP contribution is 2.21. The zero-order valence-electron chi connectivity index (χ0n) is 16.2. The third kappa shape index (κ3) is 4.68.